The minimum Gasteiger partial charge on any atom is -0.497 e. The molecule has 1 atom stereocenters. The predicted octanol–water partition coefficient (Wildman–Crippen LogP) is 2.75. The molecule has 1 aromatic carbocycles. The minimum atomic E-state index is 0.000226. The first-order valence-electron chi connectivity index (χ1n) is 10.3. The number of amides is 2. The van der Waals surface area contributed by atoms with E-state index in [4.69, 9.17) is 14.7 Å². The number of hydrogen-bond acceptors (Lipinski definition) is 5. The molecule has 0 N–H and O–H groups in total. The molecule has 7 heteroatoms. The molecule has 0 aliphatic carbocycles. The maximum absolute atomic E-state index is 13.0. The van der Waals surface area contributed by atoms with E-state index in [2.05, 4.69) is 0 Å². The van der Waals surface area contributed by atoms with Gasteiger partial charge in [-0.3, -0.25) is 9.59 Å². The summed E-state index contributed by atoms with van der Waals surface area (Å²) in [5.41, 5.74) is 3.19. The molecule has 0 saturated carbocycles. The highest BCUT2D eigenvalue weighted by molar-refractivity contribution is 5.94. The summed E-state index contributed by atoms with van der Waals surface area (Å²) in [6.45, 7) is 5.17. The number of aryl methyl sites for hydroxylation is 2. The molecule has 3 rings (SSSR count). The van der Waals surface area contributed by atoms with E-state index in [0.29, 0.717) is 24.3 Å². The lowest BCUT2D eigenvalue weighted by Gasteiger charge is -2.32. The first-order valence-corrected chi connectivity index (χ1v) is 10.3. The van der Waals surface area contributed by atoms with Crippen LogP contribution < -0.4 is 4.74 Å². The number of carbonyl (C=O) groups is 2. The molecule has 1 aliphatic rings. The summed E-state index contributed by atoms with van der Waals surface area (Å²) in [7, 11) is 5.09. The smallest absolute Gasteiger partial charge is 0.254 e. The van der Waals surface area contributed by atoms with Crippen LogP contribution in [0.25, 0.3) is 0 Å². The summed E-state index contributed by atoms with van der Waals surface area (Å²) >= 11 is 0. The van der Waals surface area contributed by atoms with Crippen molar-refractivity contribution in [2.24, 2.45) is 0 Å². The van der Waals surface area contributed by atoms with E-state index in [-0.39, 0.29) is 17.7 Å². The van der Waals surface area contributed by atoms with Crippen LogP contribution in [0.4, 0.5) is 0 Å². The molecule has 1 aromatic heterocycles. The van der Waals surface area contributed by atoms with Crippen LogP contribution in [0.1, 0.15) is 51.9 Å². The van der Waals surface area contributed by atoms with Gasteiger partial charge in [0.05, 0.1) is 13.5 Å². The first-order chi connectivity index (χ1) is 14.3. The third-order valence-electron chi connectivity index (χ3n) is 5.66. The lowest BCUT2D eigenvalue weighted by Crippen LogP contribution is -2.39. The fourth-order valence-electron chi connectivity index (χ4n) is 3.82. The lowest BCUT2D eigenvalue weighted by molar-refractivity contribution is -0.128. The molecule has 1 fully saturated rings. The van der Waals surface area contributed by atoms with Gasteiger partial charge in [-0.15, -0.1) is 0 Å². The van der Waals surface area contributed by atoms with Gasteiger partial charge >= 0.3 is 0 Å². The van der Waals surface area contributed by atoms with E-state index < -0.39 is 0 Å². The SMILES string of the molecule is COc1cccc(C(=O)N2CCC[C@H](c3nc(C)c(CC(=O)N(C)C)c(C)n3)C2)c1. The quantitative estimate of drug-likeness (QED) is 0.758. The summed E-state index contributed by atoms with van der Waals surface area (Å²) in [5.74, 6) is 1.55. The van der Waals surface area contributed by atoms with Gasteiger partial charge in [0.1, 0.15) is 11.6 Å². The topological polar surface area (TPSA) is 75.6 Å². The monoisotopic (exact) mass is 410 g/mol. The molecule has 1 saturated heterocycles. The highest BCUT2D eigenvalue weighted by atomic mass is 16.5. The Morgan fingerprint density at radius 1 is 1.20 bits per heavy atom. The third-order valence-corrected chi connectivity index (χ3v) is 5.66. The number of likely N-dealkylation sites (tertiary alicyclic amines) is 1. The van der Waals surface area contributed by atoms with Crippen LogP contribution in [-0.4, -0.2) is 65.9 Å². The van der Waals surface area contributed by atoms with Crippen molar-refractivity contribution >= 4 is 11.8 Å². The van der Waals surface area contributed by atoms with Gasteiger partial charge in [-0.05, 0) is 44.9 Å². The molecule has 160 valence electrons. The number of methoxy groups -OCH3 is 1. The second-order valence-corrected chi connectivity index (χ2v) is 8.02. The summed E-state index contributed by atoms with van der Waals surface area (Å²) in [5, 5.41) is 0. The number of carbonyl (C=O) groups excluding carboxylic acids is 2. The van der Waals surface area contributed by atoms with E-state index in [1.54, 1.807) is 32.2 Å². The number of hydrogen-bond donors (Lipinski definition) is 0. The van der Waals surface area contributed by atoms with Crippen molar-refractivity contribution in [3.8, 4) is 5.75 Å². The van der Waals surface area contributed by atoms with Crippen molar-refractivity contribution in [3.63, 3.8) is 0 Å². The maximum atomic E-state index is 13.0. The zero-order valence-corrected chi connectivity index (χ0v) is 18.4. The Bertz CT molecular complexity index is 919. The van der Waals surface area contributed by atoms with E-state index in [1.165, 1.54) is 0 Å². The predicted molar refractivity (Wildman–Crippen MR) is 115 cm³/mol. The minimum absolute atomic E-state index is 0.000226. The molecule has 0 radical (unpaired) electrons. The molecular formula is C23H30N4O3. The van der Waals surface area contributed by atoms with Crippen molar-refractivity contribution in [1.82, 2.24) is 19.8 Å². The molecular weight excluding hydrogens is 380 g/mol. The van der Waals surface area contributed by atoms with Gasteiger partial charge in [0.25, 0.3) is 5.91 Å². The van der Waals surface area contributed by atoms with E-state index in [1.807, 2.05) is 36.9 Å². The number of ether oxygens (including phenoxy) is 1. The van der Waals surface area contributed by atoms with E-state index >= 15 is 0 Å². The van der Waals surface area contributed by atoms with Gasteiger partial charge in [-0.25, -0.2) is 9.97 Å². The van der Waals surface area contributed by atoms with Crippen LogP contribution >= 0.6 is 0 Å². The second kappa shape index (κ2) is 9.24. The number of aromatic nitrogens is 2. The number of piperidine rings is 1. The summed E-state index contributed by atoms with van der Waals surface area (Å²) in [4.78, 5) is 38.0. The van der Waals surface area contributed by atoms with Crippen molar-refractivity contribution in [2.75, 3.05) is 34.3 Å². The lowest BCUT2D eigenvalue weighted by atomic mass is 9.95. The summed E-state index contributed by atoms with van der Waals surface area (Å²) in [6.07, 6.45) is 2.15. The number of likely N-dealkylation sites (N-methyl/N-ethyl adjacent to an activating group) is 1. The van der Waals surface area contributed by atoms with Gasteiger partial charge in [-0.1, -0.05) is 6.07 Å². The zero-order valence-electron chi connectivity index (χ0n) is 18.4. The largest absolute Gasteiger partial charge is 0.497 e. The molecule has 7 nitrogen and oxygen atoms in total. The highest BCUT2D eigenvalue weighted by Gasteiger charge is 2.28. The van der Waals surface area contributed by atoms with Crippen LogP contribution in [0.5, 0.6) is 5.75 Å². The van der Waals surface area contributed by atoms with Gasteiger partial charge in [0, 0.05) is 55.6 Å². The van der Waals surface area contributed by atoms with Crippen molar-refractivity contribution in [2.45, 2.75) is 39.0 Å². The second-order valence-electron chi connectivity index (χ2n) is 8.02. The number of rotatable bonds is 5. The molecule has 30 heavy (non-hydrogen) atoms. The van der Waals surface area contributed by atoms with Gasteiger partial charge in [0.2, 0.25) is 5.91 Å². The average molecular weight is 411 g/mol. The Kier molecular flexibility index (Phi) is 6.70. The van der Waals surface area contributed by atoms with E-state index in [9.17, 15) is 9.59 Å². The van der Waals surface area contributed by atoms with Gasteiger partial charge < -0.3 is 14.5 Å². The summed E-state index contributed by atoms with van der Waals surface area (Å²) < 4.78 is 5.24. The van der Waals surface area contributed by atoms with Gasteiger partial charge in [-0.2, -0.15) is 0 Å². The molecule has 2 heterocycles. The van der Waals surface area contributed by atoms with Crippen LogP contribution in [-0.2, 0) is 11.2 Å². The van der Waals surface area contributed by atoms with Crippen LogP contribution in [0.15, 0.2) is 24.3 Å². The fraction of sp³-hybridized carbons (Fsp3) is 0.478. The average Bonchev–Trinajstić information content (AvgIpc) is 2.75. The van der Waals surface area contributed by atoms with Gasteiger partial charge in [0.15, 0.2) is 0 Å². The van der Waals surface area contributed by atoms with Crippen molar-refractivity contribution in [3.05, 3.63) is 52.6 Å². The third kappa shape index (κ3) is 4.78. The first kappa shape index (κ1) is 21.7. The fourth-order valence-corrected chi connectivity index (χ4v) is 3.82. The zero-order chi connectivity index (χ0) is 21.8. The Hall–Kier alpha value is -2.96. The van der Waals surface area contributed by atoms with Crippen LogP contribution in [0.3, 0.4) is 0 Å². The molecule has 2 amide bonds. The Morgan fingerprint density at radius 2 is 1.90 bits per heavy atom. The van der Waals surface area contributed by atoms with Crippen molar-refractivity contribution < 1.29 is 14.3 Å². The Labute approximate surface area is 178 Å². The van der Waals surface area contributed by atoms with Crippen LogP contribution in [0, 0.1) is 13.8 Å². The Morgan fingerprint density at radius 3 is 2.53 bits per heavy atom. The Balaban J connectivity index is 1.78. The number of benzene rings is 1. The molecule has 1 aliphatic heterocycles. The normalized spacial score (nSPS) is 16.3. The van der Waals surface area contributed by atoms with Crippen LogP contribution in [0.2, 0.25) is 0 Å². The van der Waals surface area contributed by atoms with E-state index in [0.717, 1.165) is 42.2 Å². The molecule has 2 aromatic rings. The standard InChI is InChI=1S/C23H30N4O3/c1-15-20(13-21(28)26(3)4)16(2)25-22(24-15)18-9-7-11-27(14-18)23(29)17-8-6-10-19(12-17)30-5/h6,8,10,12,18H,7,9,11,13-14H2,1-5H3/t18-/m0/s1. The highest BCUT2D eigenvalue weighted by Crippen LogP contribution is 2.27. The molecule has 0 bridgehead atoms. The van der Waals surface area contributed by atoms with Crippen molar-refractivity contribution in [1.29, 1.82) is 0 Å². The summed E-state index contributed by atoms with van der Waals surface area (Å²) in [6, 6.07) is 7.25. The molecule has 0 spiro atoms. The maximum Gasteiger partial charge on any atom is 0.254 e. The molecule has 0 unspecified atom stereocenters. The number of nitrogens with zero attached hydrogens (tertiary/aromatic N) is 4.